The molecule has 1 fully saturated rings. The van der Waals surface area contributed by atoms with Crippen molar-refractivity contribution >= 4 is 12.2 Å². The molecule has 0 bridgehead atoms. The maximum absolute atomic E-state index is 11.1. The lowest BCUT2D eigenvalue weighted by Crippen LogP contribution is -2.40. The van der Waals surface area contributed by atoms with E-state index < -0.39 is 0 Å². The molecule has 0 spiro atoms. The molecule has 17 heavy (non-hydrogen) atoms. The molecule has 0 aliphatic carbocycles. The predicted octanol–water partition coefficient (Wildman–Crippen LogP) is 1.78. The van der Waals surface area contributed by atoms with Gasteiger partial charge in [0.1, 0.15) is 0 Å². The van der Waals surface area contributed by atoms with E-state index in [9.17, 15) is 4.79 Å². The fourth-order valence-corrected chi connectivity index (χ4v) is 2.58. The Morgan fingerprint density at radius 2 is 2.12 bits per heavy atom. The first-order valence-electron chi connectivity index (χ1n) is 6.20. The molecule has 0 radical (unpaired) electrons. The standard InChI is InChI=1S/C12H19N3OS/c1-10(14-6-3-2-4-7-14)9-15-8-5-11(16)13-12(15)17/h5,8,10H,2-4,6-7,9H2,1H3,(H,13,16,17). The highest BCUT2D eigenvalue weighted by Crippen LogP contribution is 2.13. The average Bonchev–Trinajstić information content (AvgIpc) is 2.34. The number of aromatic amines is 1. The summed E-state index contributed by atoms with van der Waals surface area (Å²) < 4.78 is 2.46. The lowest BCUT2D eigenvalue weighted by Gasteiger charge is -2.32. The van der Waals surface area contributed by atoms with Gasteiger partial charge >= 0.3 is 0 Å². The summed E-state index contributed by atoms with van der Waals surface area (Å²) in [7, 11) is 0. The number of rotatable bonds is 3. The lowest BCUT2D eigenvalue weighted by atomic mass is 10.1. The second-order valence-corrected chi connectivity index (χ2v) is 5.09. The third-order valence-corrected chi connectivity index (χ3v) is 3.71. The minimum atomic E-state index is -0.128. The molecular formula is C12H19N3OS. The van der Waals surface area contributed by atoms with E-state index in [2.05, 4.69) is 16.8 Å². The Hall–Kier alpha value is -0.940. The van der Waals surface area contributed by atoms with Gasteiger partial charge in [-0.25, -0.2) is 0 Å². The number of likely N-dealkylation sites (tertiary alicyclic amines) is 1. The van der Waals surface area contributed by atoms with Crippen molar-refractivity contribution in [2.45, 2.75) is 38.8 Å². The number of piperidine rings is 1. The molecule has 5 heteroatoms. The molecule has 0 saturated carbocycles. The molecule has 1 aromatic heterocycles. The van der Waals surface area contributed by atoms with E-state index in [-0.39, 0.29) is 5.56 Å². The molecule has 0 amide bonds. The van der Waals surface area contributed by atoms with Crippen LogP contribution in [0.5, 0.6) is 0 Å². The lowest BCUT2D eigenvalue weighted by molar-refractivity contribution is 0.159. The van der Waals surface area contributed by atoms with Gasteiger partial charge in [-0.3, -0.25) is 14.7 Å². The van der Waals surface area contributed by atoms with Crippen molar-refractivity contribution < 1.29 is 0 Å². The molecule has 1 aliphatic rings. The van der Waals surface area contributed by atoms with Crippen LogP contribution in [0.4, 0.5) is 0 Å². The molecule has 1 aromatic rings. The fraction of sp³-hybridized carbons (Fsp3) is 0.667. The number of nitrogens with one attached hydrogen (secondary N) is 1. The minimum Gasteiger partial charge on any atom is -0.324 e. The predicted molar refractivity (Wildman–Crippen MR) is 70.8 cm³/mol. The number of aromatic nitrogens is 2. The Labute approximate surface area is 106 Å². The zero-order valence-electron chi connectivity index (χ0n) is 10.2. The van der Waals surface area contributed by atoms with Crippen molar-refractivity contribution in [1.29, 1.82) is 0 Å². The van der Waals surface area contributed by atoms with Gasteiger partial charge in [0.2, 0.25) is 0 Å². The van der Waals surface area contributed by atoms with Crippen LogP contribution < -0.4 is 5.56 Å². The van der Waals surface area contributed by atoms with Crippen molar-refractivity contribution in [3.8, 4) is 0 Å². The largest absolute Gasteiger partial charge is 0.324 e. The van der Waals surface area contributed by atoms with E-state index in [0.717, 1.165) is 6.54 Å². The number of hydrogen-bond acceptors (Lipinski definition) is 3. The summed E-state index contributed by atoms with van der Waals surface area (Å²) in [6, 6.07) is 1.99. The van der Waals surface area contributed by atoms with Crippen LogP contribution in [0.25, 0.3) is 0 Å². The highest BCUT2D eigenvalue weighted by molar-refractivity contribution is 7.71. The van der Waals surface area contributed by atoms with Crippen LogP contribution in [0.15, 0.2) is 17.1 Å². The first kappa shape index (κ1) is 12.5. The molecule has 2 heterocycles. The van der Waals surface area contributed by atoms with Gasteiger partial charge in [-0.15, -0.1) is 0 Å². The van der Waals surface area contributed by atoms with E-state index >= 15 is 0 Å². The van der Waals surface area contributed by atoms with Gasteiger partial charge in [0.25, 0.3) is 5.56 Å². The molecule has 94 valence electrons. The first-order chi connectivity index (χ1) is 8.16. The molecule has 0 aromatic carbocycles. The van der Waals surface area contributed by atoms with Crippen molar-refractivity contribution in [3.63, 3.8) is 0 Å². The average molecular weight is 253 g/mol. The Balaban J connectivity index is 2.04. The van der Waals surface area contributed by atoms with Gasteiger partial charge in [0.15, 0.2) is 4.77 Å². The van der Waals surface area contributed by atoms with Crippen molar-refractivity contribution in [2.75, 3.05) is 13.1 Å². The van der Waals surface area contributed by atoms with Crippen molar-refractivity contribution in [3.05, 3.63) is 27.4 Å². The van der Waals surface area contributed by atoms with Crippen molar-refractivity contribution in [1.82, 2.24) is 14.5 Å². The maximum Gasteiger partial charge on any atom is 0.251 e. The van der Waals surface area contributed by atoms with Crippen LogP contribution in [-0.4, -0.2) is 33.6 Å². The van der Waals surface area contributed by atoms with Gasteiger partial charge in [0, 0.05) is 24.8 Å². The number of hydrogen-bond donors (Lipinski definition) is 1. The van der Waals surface area contributed by atoms with Crippen LogP contribution in [-0.2, 0) is 6.54 Å². The minimum absolute atomic E-state index is 0.128. The monoisotopic (exact) mass is 253 g/mol. The Kier molecular flexibility index (Phi) is 4.12. The summed E-state index contributed by atoms with van der Waals surface area (Å²) in [5.41, 5.74) is -0.128. The third kappa shape index (κ3) is 3.26. The third-order valence-electron chi connectivity index (χ3n) is 3.37. The van der Waals surface area contributed by atoms with E-state index in [1.54, 1.807) is 6.20 Å². The van der Waals surface area contributed by atoms with Gasteiger partial charge in [-0.2, -0.15) is 0 Å². The molecule has 1 saturated heterocycles. The normalized spacial score (nSPS) is 19.1. The van der Waals surface area contributed by atoms with Crippen LogP contribution in [0, 0.1) is 4.77 Å². The summed E-state index contributed by atoms with van der Waals surface area (Å²) >= 11 is 5.15. The number of H-pyrrole nitrogens is 1. The van der Waals surface area contributed by atoms with E-state index in [4.69, 9.17) is 12.2 Å². The van der Waals surface area contributed by atoms with E-state index in [1.165, 1.54) is 38.4 Å². The zero-order valence-corrected chi connectivity index (χ0v) is 11.0. The fourth-order valence-electron chi connectivity index (χ4n) is 2.35. The molecular weight excluding hydrogens is 234 g/mol. The van der Waals surface area contributed by atoms with Gasteiger partial charge in [-0.05, 0) is 45.1 Å². The van der Waals surface area contributed by atoms with Gasteiger partial charge in [0.05, 0.1) is 0 Å². The molecule has 1 unspecified atom stereocenters. The second kappa shape index (κ2) is 5.60. The summed E-state index contributed by atoms with van der Waals surface area (Å²) in [6.07, 6.45) is 5.71. The molecule has 1 aliphatic heterocycles. The van der Waals surface area contributed by atoms with Crippen molar-refractivity contribution in [2.24, 2.45) is 0 Å². The highest BCUT2D eigenvalue weighted by Gasteiger charge is 2.16. The van der Waals surface area contributed by atoms with Crippen LogP contribution in [0.3, 0.4) is 0 Å². The smallest absolute Gasteiger partial charge is 0.251 e. The first-order valence-corrected chi connectivity index (χ1v) is 6.61. The summed E-state index contributed by atoms with van der Waals surface area (Å²) in [5.74, 6) is 0. The van der Waals surface area contributed by atoms with Crippen LogP contribution >= 0.6 is 12.2 Å². The summed E-state index contributed by atoms with van der Waals surface area (Å²) in [5, 5.41) is 0. The number of nitrogens with zero attached hydrogens (tertiary/aromatic N) is 2. The topological polar surface area (TPSA) is 41.0 Å². The summed E-state index contributed by atoms with van der Waals surface area (Å²) in [6.45, 7) is 5.42. The molecule has 4 nitrogen and oxygen atoms in total. The van der Waals surface area contributed by atoms with Gasteiger partial charge < -0.3 is 4.57 Å². The highest BCUT2D eigenvalue weighted by atomic mass is 32.1. The van der Waals surface area contributed by atoms with E-state index in [0.29, 0.717) is 10.8 Å². The quantitative estimate of drug-likeness (QED) is 0.835. The Morgan fingerprint density at radius 3 is 2.76 bits per heavy atom. The zero-order chi connectivity index (χ0) is 12.3. The second-order valence-electron chi connectivity index (χ2n) is 4.71. The van der Waals surface area contributed by atoms with E-state index in [1.807, 2.05) is 4.57 Å². The summed E-state index contributed by atoms with van der Waals surface area (Å²) in [4.78, 5) is 16.2. The van der Waals surface area contributed by atoms with Crippen LogP contribution in [0.2, 0.25) is 0 Å². The van der Waals surface area contributed by atoms with Crippen LogP contribution in [0.1, 0.15) is 26.2 Å². The van der Waals surface area contributed by atoms with Gasteiger partial charge in [-0.1, -0.05) is 6.42 Å². The maximum atomic E-state index is 11.1. The Bertz CT molecular complexity index is 473. The Morgan fingerprint density at radius 1 is 1.41 bits per heavy atom. The molecule has 1 atom stereocenters. The SMILES string of the molecule is CC(Cn1ccc(=O)[nH]c1=S)N1CCCCC1. The molecule has 1 N–H and O–H groups in total. The molecule has 2 rings (SSSR count).